The van der Waals surface area contributed by atoms with Gasteiger partial charge in [0.05, 0.1) is 17.2 Å². The van der Waals surface area contributed by atoms with Crippen LogP contribution in [0.25, 0.3) is 0 Å². The van der Waals surface area contributed by atoms with Crippen LogP contribution < -0.4 is 5.32 Å². The summed E-state index contributed by atoms with van der Waals surface area (Å²) in [6.45, 7) is 0. The van der Waals surface area contributed by atoms with Crippen LogP contribution in [0.15, 0.2) is 18.2 Å². The summed E-state index contributed by atoms with van der Waals surface area (Å²) in [5, 5.41) is 11.5. The minimum Gasteiger partial charge on any atom is -0.333 e. The van der Waals surface area contributed by atoms with Crippen LogP contribution in [0.2, 0.25) is 0 Å². The third-order valence-corrected chi connectivity index (χ3v) is 4.32. The lowest BCUT2D eigenvalue weighted by atomic mass is 10.00. The first-order chi connectivity index (χ1) is 9.77. The zero-order chi connectivity index (χ0) is 15.7. The third-order valence-electron chi connectivity index (χ3n) is 3.13. The number of hydrogen-bond donors (Lipinski definition) is 1. The van der Waals surface area contributed by atoms with Crippen LogP contribution in [-0.4, -0.2) is 23.0 Å². The molecule has 1 amide bonds. The van der Waals surface area contributed by atoms with E-state index in [1.54, 1.807) is 0 Å². The quantitative estimate of drug-likeness (QED) is 0.853. The fourth-order valence-corrected chi connectivity index (χ4v) is 3.21. The van der Waals surface area contributed by atoms with E-state index >= 15 is 0 Å². The predicted octanol–water partition coefficient (Wildman–Crippen LogP) is 2.97. The topological polar surface area (TPSA) is 52.9 Å². The van der Waals surface area contributed by atoms with Gasteiger partial charge in [0.2, 0.25) is 0 Å². The number of hydrogen-bond acceptors (Lipinski definition) is 3. The highest BCUT2D eigenvalue weighted by Gasteiger charge is 2.37. The van der Waals surface area contributed by atoms with E-state index in [9.17, 15) is 22.4 Å². The van der Waals surface area contributed by atoms with E-state index in [-0.39, 0.29) is 0 Å². The molecule has 3 nitrogen and oxygen atoms in total. The Labute approximate surface area is 122 Å². The van der Waals surface area contributed by atoms with Gasteiger partial charge in [0.15, 0.2) is 0 Å². The zero-order valence-corrected chi connectivity index (χ0v) is 11.4. The Morgan fingerprint density at radius 3 is 2.67 bits per heavy atom. The smallest absolute Gasteiger partial charge is 0.333 e. The first-order valence-corrected chi connectivity index (χ1v) is 7.11. The molecule has 21 heavy (non-hydrogen) atoms. The third kappa shape index (κ3) is 3.29. The van der Waals surface area contributed by atoms with E-state index in [4.69, 9.17) is 5.26 Å². The molecule has 112 valence electrons. The molecule has 2 rings (SSSR count). The van der Waals surface area contributed by atoms with E-state index in [0.717, 1.165) is 0 Å². The van der Waals surface area contributed by atoms with Gasteiger partial charge in [-0.15, -0.1) is 0 Å². The van der Waals surface area contributed by atoms with Crippen molar-refractivity contribution in [3.05, 3.63) is 35.1 Å². The Hall–Kier alpha value is -1.75. The Bertz CT molecular complexity index is 603. The number of thioether (sulfide) groups is 1. The van der Waals surface area contributed by atoms with Crippen LogP contribution in [0.4, 0.5) is 17.6 Å². The molecule has 0 aromatic heterocycles. The predicted molar refractivity (Wildman–Crippen MR) is 69.2 cm³/mol. The highest BCUT2D eigenvalue weighted by atomic mass is 32.2. The van der Waals surface area contributed by atoms with Crippen molar-refractivity contribution < 1.29 is 22.4 Å². The number of amides is 1. The van der Waals surface area contributed by atoms with Crippen LogP contribution in [0.3, 0.4) is 0 Å². The second-order valence-electron chi connectivity index (χ2n) is 4.64. The van der Waals surface area contributed by atoms with Gasteiger partial charge in [-0.1, -0.05) is 0 Å². The average molecular weight is 318 g/mol. The lowest BCUT2D eigenvalue weighted by Gasteiger charge is -2.21. The van der Waals surface area contributed by atoms with Crippen molar-refractivity contribution in [1.29, 1.82) is 5.26 Å². The second kappa shape index (κ2) is 5.56. The van der Waals surface area contributed by atoms with Crippen LogP contribution in [0.1, 0.15) is 22.3 Å². The van der Waals surface area contributed by atoms with Crippen molar-refractivity contribution in [1.82, 2.24) is 5.32 Å². The van der Waals surface area contributed by atoms with E-state index in [0.29, 0.717) is 36.1 Å². The molecular formula is C13H10F4N2OS. The van der Waals surface area contributed by atoms with Gasteiger partial charge in [0.1, 0.15) is 11.4 Å². The molecule has 0 saturated carbocycles. The SMILES string of the molecule is N#CC1(NC(=O)c2cc(C(F)(F)F)ccc2F)CCSC1. The molecule has 0 radical (unpaired) electrons. The van der Waals surface area contributed by atoms with Gasteiger partial charge in [0.25, 0.3) is 5.91 Å². The molecule has 1 aromatic carbocycles. The number of nitrogens with zero attached hydrogens (tertiary/aromatic N) is 1. The molecule has 1 unspecified atom stereocenters. The normalized spacial score (nSPS) is 21.9. The van der Waals surface area contributed by atoms with Gasteiger partial charge in [-0.25, -0.2) is 4.39 Å². The molecule has 1 aliphatic rings. The van der Waals surface area contributed by atoms with E-state index < -0.39 is 34.6 Å². The van der Waals surface area contributed by atoms with Gasteiger partial charge in [-0.05, 0) is 30.4 Å². The number of rotatable bonds is 2. The standard InChI is InChI=1S/C13H10F4N2OS/c14-10-2-1-8(13(15,16)17)5-9(10)11(20)19-12(6-18)3-4-21-7-12/h1-2,5H,3-4,7H2,(H,19,20). The summed E-state index contributed by atoms with van der Waals surface area (Å²) >= 11 is 1.44. The van der Waals surface area contributed by atoms with Crippen LogP contribution >= 0.6 is 11.8 Å². The number of carbonyl (C=O) groups excluding carboxylic acids is 1. The molecule has 1 saturated heterocycles. The Kier molecular flexibility index (Phi) is 4.14. The summed E-state index contributed by atoms with van der Waals surface area (Å²) in [5.41, 5.74) is -2.97. The summed E-state index contributed by atoms with van der Waals surface area (Å²) in [6, 6.07) is 3.57. The lowest BCUT2D eigenvalue weighted by molar-refractivity contribution is -0.137. The number of nitriles is 1. The van der Waals surface area contributed by atoms with Crippen molar-refractivity contribution in [3.8, 4) is 6.07 Å². The maximum atomic E-state index is 13.6. The lowest BCUT2D eigenvalue weighted by Crippen LogP contribution is -2.47. The minimum absolute atomic E-state index is 0.329. The van der Waals surface area contributed by atoms with Crippen molar-refractivity contribution in [2.75, 3.05) is 11.5 Å². The number of carbonyl (C=O) groups is 1. The number of halogens is 4. The molecule has 1 aromatic rings. The Morgan fingerprint density at radius 1 is 1.43 bits per heavy atom. The second-order valence-corrected chi connectivity index (χ2v) is 5.75. The van der Waals surface area contributed by atoms with Crippen LogP contribution in [0.5, 0.6) is 0 Å². The van der Waals surface area contributed by atoms with Gasteiger partial charge < -0.3 is 5.32 Å². The zero-order valence-electron chi connectivity index (χ0n) is 10.6. The molecule has 1 N–H and O–H groups in total. The van der Waals surface area contributed by atoms with Gasteiger partial charge in [0, 0.05) is 5.75 Å². The summed E-state index contributed by atoms with van der Waals surface area (Å²) in [4.78, 5) is 12.0. The molecular weight excluding hydrogens is 308 g/mol. The maximum Gasteiger partial charge on any atom is 0.416 e. The van der Waals surface area contributed by atoms with Gasteiger partial charge in [-0.2, -0.15) is 30.2 Å². The van der Waals surface area contributed by atoms with Gasteiger partial charge in [-0.3, -0.25) is 4.79 Å². The number of benzene rings is 1. The minimum atomic E-state index is -4.67. The van der Waals surface area contributed by atoms with Crippen LogP contribution in [0, 0.1) is 17.1 Å². The fraction of sp³-hybridized carbons (Fsp3) is 0.385. The summed E-state index contributed by atoms with van der Waals surface area (Å²) < 4.78 is 51.4. The molecule has 8 heteroatoms. The molecule has 0 bridgehead atoms. The summed E-state index contributed by atoms with van der Waals surface area (Å²) in [5.74, 6) is -1.09. The number of alkyl halides is 3. The van der Waals surface area contributed by atoms with Crippen LogP contribution in [-0.2, 0) is 6.18 Å². The first kappa shape index (κ1) is 15.6. The summed E-state index contributed by atoms with van der Waals surface area (Å²) in [6.07, 6.45) is -4.29. The highest BCUT2D eigenvalue weighted by Crippen LogP contribution is 2.31. The Morgan fingerprint density at radius 2 is 2.14 bits per heavy atom. The van der Waals surface area contributed by atoms with Crippen molar-refractivity contribution in [3.63, 3.8) is 0 Å². The molecule has 1 fully saturated rings. The Balaban J connectivity index is 2.29. The van der Waals surface area contributed by atoms with E-state index in [2.05, 4.69) is 5.32 Å². The monoisotopic (exact) mass is 318 g/mol. The molecule has 1 atom stereocenters. The summed E-state index contributed by atoms with van der Waals surface area (Å²) in [7, 11) is 0. The van der Waals surface area contributed by atoms with Crippen molar-refractivity contribution >= 4 is 17.7 Å². The van der Waals surface area contributed by atoms with E-state index in [1.807, 2.05) is 6.07 Å². The largest absolute Gasteiger partial charge is 0.416 e. The molecule has 0 aliphatic carbocycles. The molecule has 1 heterocycles. The fourth-order valence-electron chi connectivity index (χ4n) is 1.94. The van der Waals surface area contributed by atoms with Crippen molar-refractivity contribution in [2.45, 2.75) is 18.1 Å². The van der Waals surface area contributed by atoms with Crippen molar-refractivity contribution in [2.24, 2.45) is 0 Å². The van der Waals surface area contributed by atoms with Gasteiger partial charge >= 0.3 is 6.18 Å². The van der Waals surface area contributed by atoms with E-state index in [1.165, 1.54) is 11.8 Å². The molecule has 0 spiro atoms. The first-order valence-electron chi connectivity index (χ1n) is 5.96. The molecule has 1 aliphatic heterocycles. The maximum absolute atomic E-state index is 13.6. The highest BCUT2D eigenvalue weighted by molar-refractivity contribution is 7.99. The average Bonchev–Trinajstić information content (AvgIpc) is 2.87. The number of nitrogens with one attached hydrogen (secondary N) is 1.